The molecule has 21 heavy (non-hydrogen) atoms. The first-order valence-electron chi connectivity index (χ1n) is 6.17. The SMILES string of the molecule is O=C(O)CSc1nc2c(Cl)cccc2n1Cc1cccs1. The van der Waals surface area contributed by atoms with Crippen LogP contribution in [0.25, 0.3) is 11.0 Å². The third-order valence-corrected chi connectivity index (χ3v) is 5.04. The van der Waals surface area contributed by atoms with Gasteiger partial charge in [-0.05, 0) is 23.6 Å². The molecule has 3 rings (SSSR count). The molecule has 0 unspecified atom stereocenters. The molecule has 0 saturated carbocycles. The van der Waals surface area contributed by atoms with Crippen LogP contribution in [0.2, 0.25) is 5.02 Å². The third-order valence-electron chi connectivity index (χ3n) is 2.91. The van der Waals surface area contributed by atoms with Crippen LogP contribution < -0.4 is 0 Å². The average Bonchev–Trinajstić information content (AvgIpc) is 3.07. The normalized spacial score (nSPS) is 11.1. The third kappa shape index (κ3) is 3.07. The number of carboxylic acids is 1. The van der Waals surface area contributed by atoms with Crippen LogP contribution in [0.5, 0.6) is 0 Å². The lowest BCUT2D eigenvalue weighted by molar-refractivity contribution is -0.133. The Morgan fingerprint density at radius 3 is 2.95 bits per heavy atom. The zero-order chi connectivity index (χ0) is 14.8. The number of para-hydroxylation sites is 1. The van der Waals surface area contributed by atoms with Gasteiger partial charge in [-0.1, -0.05) is 35.5 Å². The molecule has 1 N–H and O–H groups in total. The molecule has 0 amide bonds. The predicted octanol–water partition coefficient (Wildman–Crippen LogP) is 3.98. The lowest BCUT2D eigenvalue weighted by Gasteiger charge is -2.06. The molecule has 0 bridgehead atoms. The average molecular weight is 339 g/mol. The molecule has 2 aromatic heterocycles. The summed E-state index contributed by atoms with van der Waals surface area (Å²) in [5.74, 6) is -0.883. The van der Waals surface area contributed by atoms with Crippen molar-refractivity contribution in [3.05, 3.63) is 45.6 Å². The lowest BCUT2D eigenvalue weighted by atomic mass is 10.3. The van der Waals surface area contributed by atoms with Crippen molar-refractivity contribution in [1.82, 2.24) is 9.55 Å². The summed E-state index contributed by atoms with van der Waals surface area (Å²) in [6, 6.07) is 9.66. The Kier molecular flexibility index (Phi) is 4.19. The van der Waals surface area contributed by atoms with E-state index in [0.717, 1.165) is 5.52 Å². The highest BCUT2D eigenvalue weighted by molar-refractivity contribution is 7.99. The molecular weight excluding hydrogens is 328 g/mol. The van der Waals surface area contributed by atoms with Crippen LogP contribution in [-0.2, 0) is 11.3 Å². The van der Waals surface area contributed by atoms with Gasteiger partial charge in [0, 0.05) is 4.88 Å². The summed E-state index contributed by atoms with van der Waals surface area (Å²) >= 11 is 9.06. The number of imidazole rings is 1. The monoisotopic (exact) mass is 338 g/mol. The number of nitrogens with zero attached hydrogens (tertiary/aromatic N) is 2. The largest absolute Gasteiger partial charge is 0.481 e. The van der Waals surface area contributed by atoms with Crippen molar-refractivity contribution in [3.63, 3.8) is 0 Å². The first-order chi connectivity index (χ1) is 10.1. The van der Waals surface area contributed by atoms with Gasteiger partial charge >= 0.3 is 5.97 Å². The van der Waals surface area contributed by atoms with E-state index in [1.165, 1.54) is 16.6 Å². The number of halogens is 1. The number of hydrogen-bond donors (Lipinski definition) is 1. The molecule has 0 aliphatic carbocycles. The summed E-state index contributed by atoms with van der Waals surface area (Å²) in [4.78, 5) is 16.5. The second kappa shape index (κ2) is 6.09. The first kappa shape index (κ1) is 14.4. The van der Waals surface area contributed by atoms with E-state index in [2.05, 4.69) is 4.98 Å². The molecule has 0 aliphatic rings. The van der Waals surface area contributed by atoms with Gasteiger partial charge in [0.2, 0.25) is 0 Å². The fraction of sp³-hybridized carbons (Fsp3) is 0.143. The van der Waals surface area contributed by atoms with Gasteiger partial charge in [-0.25, -0.2) is 4.98 Å². The maximum atomic E-state index is 10.8. The van der Waals surface area contributed by atoms with E-state index in [9.17, 15) is 4.79 Å². The number of fused-ring (bicyclic) bond motifs is 1. The van der Waals surface area contributed by atoms with E-state index in [4.69, 9.17) is 16.7 Å². The summed E-state index contributed by atoms with van der Waals surface area (Å²) < 4.78 is 2.01. The van der Waals surface area contributed by atoms with Crippen LogP contribution in [0.4, 0.5) is 0 Å². The summed E-state index contributed by atoms with van der Waals surface area (Å²) in [6.45, 7) is 0.663. The number of carbonyl (C=O) groups is 1. The molecule has 2 heterocycles. The summed E-state index contributed by atoms with van der Waals surface area (Å²) in [7, 11) is 0. The smallest absolute Gasteiger partial charge is 0.313 e. The molecule has 3 aromatic rings. The maximum absolute atomic E-state index is 10.8. The van der Waals surface area contributed by atoms with Crippen molar-refractivity contribution in [2.24, 2.45) is 0 Å². The van der Waals surface area contributed by atoms with E-state index in [0.29, 0.717) is 22.2 Å². The Labute approximate surface area is 134 Å². The minimum atomic E-state index is -0.860. The zero-order valence-electron chi connectivity index (χ0n) is 10.8. The van der Waals surface area contributed by atoms with Crippen LogP contribution in [0.3, 0.4) is 0 Å². The van der Waals surface area contributed by atoms with Crippen LogP contribution in [0, 0.1) is 0 Å². The number of thioether (sulfide) groups is 1. The highest BCUT2D eigenvalue weighted by Crippen LogP contribution is 2.29. The van der Waals surface area contributed by atoms with Crippen LogP contribution in [0.15, 0.2) is 40.9 Å². The molecule has 7 heteroatoms. The molecular formula is C14H11ClN2O2S2. The van der Waals surface area contributed by atoms with E-state index < -0.39 is 5.97 Å². The second-order valence-electron chi connectivity index (χ2n) is 4.35. The van der Waals surface area contributed by atoms with Gasteiger partial charge in [0.25, 0.3) is 0 Å². The number of aromatic nitrogens is 2. The van der Waals surface area contributed by atoms with Crippen LogP contribution >= 0.6 is 34.7 Å². The highest BCUT2D eigenvalue weighted by atomic mass is 35.5. The minimum absolute atomic E-state index is 0.0224. The van der Waals surface area contributed by atoms with Crippen molar-refractivity contribution in [2.45, 2.75) is 11.7 Å². The van der Waals surface area contributed by atoms with Crippen molar-refractivity contribution in [3.8, 4) is 0 Å². The Morgan fingerprint density at radius 2 is 2.24 bits per heavy atom. The number of aliphatic carboxylic acids is 1. The Morgan fingerprint density at radius 1 is 1.38 bits per heavy atom. The molecule has 0 spiro atoms. The van der Waals surface area contributed by atoms with Gasteiger partial charge < -0.3 is 9.67 Å². The fourth-order valence-corrected chi connectivity index (χ4v) is 3.67. The van der Waals surface area contributed by atoms with Crippen LogP contribution in [-0.4, -0.2) is 26.4 Å². The molecule has 0 fully saturated rings. The Hall–Kier alpha value is -1.50. The molecule has 0 radical (unpaired) electrons. The quantitative estimate of drug-likeness (QED) is 0.715. The number of hydrogen-bond acceptors (Lipinski definition) is 4. The number of benzene rings is 1. The molecule has 1 aromatic carbocycles. The summed E-state index contributed by atoms with van der Waals surface area (Å²) in [5, 5.41) is 12.1. The molecule has 108 valence electrons. The van der Waals surface area contributed by atoms with E-state index in [-0.39, 0.29) is 5.75 Å². The fourth-order valence-electron chi connectivity index (χ4n) is 2.04. The number of carboxylic acid groups (broad SMARTS) is 1. The van der Waals surface area contributed by atoms with Gasteiger partial charge in [-0.3, -0.25) is 4.79 Å². The summed E-state index contributed by atoms with van der Waals surface area (Å²) in [5.41, 5.74) is 1.63. The standard InChI is InChI=1S/C14H11ClN2O2S2/c15-10-4-1-5-11-13(10)16-14(21-8-12(18)19)17(11)7-9-3-2-6-20-9/h1-6H,7-8H2,(H,18,19). The predicted molar refractivity (Wildman–Crippen MR) is 86.5 cm³/mol. The van der Waals surface area contributed by atoms with Crippen molar-refractivity contribution in [2.75, 3.05) is 5.75 Å². The first-order valence-corrected chi connectivity index (χ1v) is 8.41. The van der Waals surface area contributed by atoms with Crippen LogP contribution in [0.1, 0.15) is 4.88 Å². The number of rotatable bonds is 5. The molecule has 0 atom stereocenters. The lowest BCUT2D eigenvalue weighted by Crippen LogP contribution is -2.03. The highest BCUT2D eigenvalue weighted by Gasteiger charge is 2.15. The zero-order valence-corrected chi connectivity index (χ0v) is 13.2. The Bertz CT molecular complexity index is 784. The number of thiophene rings is 1. The van der Waals surface area contributed by atoms with Gasteiger partial charge in [0.15, 0.2) is 5.16 Å². The van der Waals surface area contributed by atoms with Gasteiger partial charge in [0.1, 0.15) is 5.52 Å². The Balaban J connectivity index is 2.06. The maximum Gasteiger partial charge on any atom is 0.313 e. The second-order valence-corrected chi connectivity index (χ2v) is 6.73. The topological polar surface area (TPSA) is 55.1 Å². The van der Waals surface area contributed by atoms with Crippen molar-refractivity contribution >= 4 is 51.7 Å². The van der Waals surface area contributed by atoms with E-state index in [1.807, 2.05) is 34.2 Å². The summed E-state index contributed by atoms with van der Waals surface area (Å²) in [6.07, 6.45) is 0. The van der Waals surface area contributed by atoms with Crippen molar-refractivity contribution < 1.29 is 9.90 Å². The minimum Gasteiger partial charge on any atom is -0.481 e. The van der Waals surface area contributed by atoms with E-state index >= 15 is 0 Å². The van der Waals surface area contributed by atoms with Gasteiger partial charge in [-0.15, -0.1) is 11.3 Å². The van der Waals surface area contributed by atoms with Crippen molar-refractivity contribution in [1.29, 1.82) is 0 Å². The molecule has 4 nitrogen and oxygen atoms in total. The van der Waals surface area contributed by atoms with Gasteiger partial charge in [-0.2, -0.15) is 0 Å². The van der Waals surface area contributed by atoms with E-state index in [1.54, 1.807) is 17.4 Å². The molecule has 0 aliphatic heterocycles. The molecule has 0 saturated heterocycles. The van der Waals surface area contributed by atoms with Gasteiger partial charge in [0.05, 0.1) is 22.8 Å².